The van der Waals surface area contributed by atoms with E-state index in [1.165, 1.54) is 86.5 Å². The van der Waals surface area contributed by atoms with Crippen molar-refractivity contribution >= 4 is 0 Å². The van der Waals surface area contributed by atoms with Crippen LogP contribution in [0.15, 0.2) is 48.5 Å². The highest BCUT2D eigenvalue weighted by Gasteiger charge is 2.21. The maximum Gasteiger partial charge on any atom is 0.0245 e. The Bertz CT molecular complexity index is 746. The van der Waals surface area contributed by atoms with Crippen LogP contribution in [0.3, 0.4) is 0 Å². The van der Waals surface area contributed by atoms with Gasteiger partial charge >= 0.3 is 0 Å². The van der Waals surface area contributed by atoms with E-state index in [-0.39, 0.29) is 0 Å². The molecule has 0 aromatic heterocycles. The second-order valence-corrected chi connectivity index (χ2v) is 8.46. The first kappa shape index (κ1) is 20.7. The fourth-order valence-electron chi connectivity index (χ4n) is 4.34. The smallest absolute Gasteiger partial charge is 0.0245 e. The summed E-state index contributed by atoms with van der Waals surface area (Å²) >= 11 is 0. The molecule has 3 rings (SSSR count). The van der Waals surface area contributed by atoms with E-state index in [1.807, 2.05) is 0 Å². The number of hydrogen-bond donors (Lipinski definition) is 0. The Balaban J connectivity index is 1.48. The van der Waals surface area contributed by atoms with Crippen molar-refractivity contribution in [2.45, 2.75) is 84.0 Å². The van der Waals surface area contributed by atoms with E-state index in [0.29, 0.717) is 5.92 Å². The molecule has 28 heavy (non-hydrogen) atoms. The Kier molecular flexibility index (Phi) is 8.23. The predicted molar refractivity (Wildman–Crippen MR) is 122 cm³/mol. The van der Waals surface area contributed by atoms with Crippen LogP contribution < -0.4 is 0 Å². The third kappa shape index (κ3) is 6.27. The molecule has 148 valence electrons. The van der Waals surface area contributed by atoms with Crippen LogP contribution in [0.2, 0.25) is 0 Å². The number of rotatable bonds is 7. The van der Waals surface area contributed by atoms with Crippen molar-refractivity contribution in [3.63, 3.8) is 0 Å². The molecule has 0 bridgehead atoms. The van der Waals surface area contributed by atoms with Gasteiger partial charge in [-0.2, -0.15) is 0 Å². The Labute approximate surface area is 172 Å². The number of aryl methyl sites for hydroxylation is 2. The zero-order valence-electron chi connectivity index (χ0n) is 17.8. The van der Waals surface area contributed by atoms with E-state index in [9.17, 15) is 0 Å². The lowest BCUT2D eigenvalue weighted by Gasteiger charge is -2.26. The highest BCUT2D eigenvalue weighted by molar-refractivity contribution is 5.37. The summed E-state index contributed by atoms with van der Waals surface area (Å²) < 4.78 is 0. The van der Waals surface area contributed by atoms with Gasteiger partial charge < -0.3 is 0 Å². The van der Waals surface area contributed by atoms with Gasteiger partial charge in [-0.25, -0.2) is 0 Å². The molecule has 0 saturated heterocycles. The number of benzene rings is 2. The molecule has 0 heterocycles. The Morgan fingerprint density at radius 1 is 0.714 bits per heavy atom. The second-order valence-electron chi connectivity index (χ2n) is 8.46. The van der Waals surface area contributed by atoms with E-state index in [4.69, 9.17) is 0 Å². The molecule has 1 aliphatic carbocycles. The monoisotopic (exact) mass is 372 g/mol. The number of hydrogen-bond acceptors (Lipinski definition) is 0. The van der Waals surface area contributed by atoms with Crippen LogP contribution in [0.5, 0.6) is 0 Å². The molecule has 0 atom stereocenters. The Morgan fingerprint density at radius 2 is 1.36 bits per heavy atom. The van der Waals surface area contributed by atoms with Gasteiger partial charge in [-0.15, -0.1) is 0 Å². The van der Waals surface area contributed by atoms with Crippen LogP contribution in [0.4, 0.5) is 0 Å². The lowest BCUT2D eigenvalue weighted by atomic mass is 9.78. The van der Waals surface area contributed by atoms with Gasteiger partial charge in [0.05, 0.1) is 0 Å². The molecule has 1 aliphatic rings. The molecule has 0 aliphatic heterocycles. The largest absolute Gasteiger partial charge is 0.0945 e. The molecule has 0 nitrogen and oxygen atoms in total. The zero-order valence-corrected chi connectivity index (χ0v) is 17.8. The minimum absolute atomic E-state index is 0.569. The van der Waals surface area contributed by atoms with Crippen LogP contribution in [0.25, 0.3) is 0 Å². The second kappa shape index (κ2) is 11.1. The van der Waals surface area contributed by atoms with Gasteiger partial charge in [0.2, 0.25) is 0 Å². The van der Waals surface area contributed by atoms with Gasteiger partial charge in [0, 0.05) is 11.5 Å². The van der Waals surface area contributed by atoms with Crippen molar-refractivity contribution in [1.82, 2.24) is 0 Å². The molecule has 2 aromatic carbocycles. The third-order valence-electron chi connectivity index (χ3n) is 6.16. The van der Waals surface area contributed by atoms with E-state index in [2.05, 4.69) is 74.2 Å². The lowest BCUT2D eigenvalue weighted by Crippen LogP contribution is -2.12. The topological polar surface area (TPSA) is 0 Å². The van der Waals surface area contributed by atoms with E-state index in [1.54, 1.807) is 0 Å². The standard InChI is InChI=1S/C28H36/c1-3-5-6-8-24-9-11-25(12-10-24)13-14-26-17-21-28(22-18-26)27-19-15-23(7-4-2)16-20-27/h9-12,15-16,19-20,26,28H,3-8,17-18,21-22H2,1-2H3/t26-,28-. The van der Waals surface area contributed by atoms with Crippen LogP contribution in [0, 0.1) is 17.8 Å². The minimum atomic E-state index is 0.569. The molecule has 1 fully saturated rings. The van der Waals surface area contributed by atoms with Crippen molar-refractivity contribution in [1.29, 1.82) is 0 Å². The molecule has 2 aromatic rings. The van der Waals surface area contributed by atoms with Gasteiger partial charge in [-0.3, -0.25) is 0 Å². The summed E-state index contributed by atoms with van der Waals surface area (Å²) in [6, 6.07) is 18.3. The van der Waals surface area contributed by atoms with Crippen molar-refractivity contribution in [3.8, 4) is 11.8 Å². The zero-order chi connectivity index (χ0) is 19.6. The Morgan fingerprint density at radius 3 is 2.00 bits per heavy atom. The van der Waals surface area contributed by atoms with Gasteiger partial charge in [0.15, 0.2) is 0 Å². The quantitative estimate of drug-likeness (QED) is 0.345. The lowest BCUT2D eigenvalue weighted by molar-refractivity contribution is 0.384. The SMILES string of the molecule is CCCCCc1ccc(C#C[C@H]2CC[C@H](c3ccc(CCC)cc3)CC2)cc1. The minimum Gasteiger partial charge on any atom is -0.0945 e. The maximum absolute atomic E-state index is 3.56. The summed E-state index contributed by atoms with van der Waals surface area (Å²) in [5, 5.41) is 0. The van der Waals surface area contributed by atoms with Gasteiger partial charge in [0.25, 0.3) is 0 Å². The van der Waals surface area contributed by atoms with E-state index < -0.39 is 0 Å². The summed E-state index contributed by atoms with van der Waals surface area (Å²) in [6.07, 6.45) is 12.6. The molecular formula is C28H36. The summed E-state index contributed by atoms with van der Waals surface area (Å²) in [7, 11) is 0. The summed E-state index contributed by atoms with van der Waals surface area (Å²) in [5.74, 6) is 8.29. The molecule has 0 spiro atoms. The number of unbranched alkanes of at least 4 members (excludes halogenated alkanes) is 2. The van der Waals surface area contributed by atoms with Crippen molar-refractivity contribution in [3.05, 3.63) is 70.8 Å². The molecule has 1 saturated carbocycles. The first-order valence-corrected chi connectivity index (χ1v) is 11.5. The van der Waals surface area contributed by atoms with E-state index in [0.717, 1.165) is 5.92 Å². The highest BCUT2D eigenvalue weighted by Crippen LogP contribution is 2.35. The van der Waals surface area contributed by atoms with Crippen LogP contribution in [-0.2, 0) is 12.8 Å². The molecule has 0 unspecified atom stereocenters. The summed E-state index contributed by atoms with van der Waals surface area (Å²) in [6.45, 7) is 4.51. The predicted octanol–water partition coefficient (Wildman–Crippen LogP) is 7.70. The molecule has 0 radical (unpaired) electrons. The average Bonchev–Trinajstić information content (AvgIpc) is 2.75. The molecule has 0 amide bonds. The van der Waals surface area contributed by atoms with Gasteiger partial charge in [-0.05, 0) is 79.7 Å². The van der Waals surface area contributed by atoms with Crippen LogP contribution in [-0.4, -0.2) is 0 Å². The first-order valence-electron chi connectivity index (χ1n) is 11.5. The molecule has 0 N–H and O–H groups in total. The fourth-order valence-corrected chi connectivity index (χ4v) is 4.34. The highest BCUT2D eigenvalue weighted by atomic mass is 14.2. The summed E-state index contributed by atoms with van der Waals surface area (Å²) in [5.41, 5.74) is 5.63. The molecular weight excluding hydrogens is 336 g/mol. The maximum atomic E-state index is 3.56. The molecule has 0 heteroatoms. The average molecular weight is 373 g/mol. The van der Waals surface area contributed by atoms with Gasteiger partial charge in [-0.1, -0.05) is 81.3 Å². The van der Waals surface area contributed by atoms with Crippen LogP contribution in [0.1, 0.15) is 93.4 Å². The first-order chi connectivity index (χ1) is 13.8. The fraction of sp³-hybridized carbons (Fsp3) is 0.500. The van der Waals surface area contributed by atoms with Crippen molar-refractivity contribution < 1.29 is 0 Å². The Hall–Kier alpha value is -2.00. The third-order valence-corrected chi connectivity index (χ3v) is 6.16. The summed E-state index contributed by atoms with van der Waals surface area (Å²) in [4.78, 5) is 0. The van der Waals surface area contributed by atoms with Crippen molar-refractivity contribution in [2.24, 2.45) is 5.92 Å². The van der Waals surface area contributed by atoms with Crippen molar-refractivity contribution in [2.75, 3.05) is 0 Å². The van der Waals surface area contributed by atoms with Crippen LogP contribution >= 0.6 is 0 Å². The van der Waals surface area contributed by atoms with E-state index >= 15 is 0 Å². The normalized spacial score (nSPS) is 19.1. The van der Waals surface area contributed by atoms with Gasteiger partial charge in [0.1, 0.15) is 0 Å².